The van der Waals surface area contributed by atoms with E-state index in [1.165, 1.54) is 0 Å². The van der Waals surface area contributed by atoms with Gasteiger partial charge in [-0.2, -0.15) is 0 Å². The molecule has 5 heteroatoms. The van der Waals surface area contributed by atoms with E-state index in [2.05, 4.69) is 0 Å². The van der Waals surface area contributed by atoms with Crippen LogP contribution in [-0.2, 0) is 13.8 Å². The molecule has 0 aromatic heterocycles. The molecule has 0 spiro atoms. The van der Waals surface area contributed by atoms with Crippen molar-refractivity contribution in [2.75, 3.05) is 6.61 Å². The van der Waals surface area contributed by atoms with Crippen molar-refractivity contribution in [1.29, 1.82) is 0 Å². The maximum absolute atomic E-state index is 5.77. The van der Waals surface area contributed by atoms with Gasteiger partial charge in [0.25, 0.3) is 0 Å². The van der Waals surface area contributed by atoms with E-state index in [0.717, 1.165) is 0 Å². The van der Waals surface area contributed by atoms with Gasteiger partial charge in [-0.05, 0) is 53.8 Å². The minimum Gasteiger partial charge on any atom is -0.486 e. The molecule has 0 heterocycles. The zero-order valence-corrected chi connectivity index (χ0v) is 12.7. The number of hydrogen-bond acceptors (Lipinski definition) is 4. The Balaban J connectivity index is 4.41. The van der Waals surface area contributed by atoms with Crippen molar-refractivity contribution < 1.29 is 13.8 Å². The first-order valence-corrected chi connectivity index (χ1v) is 7.33. The molecular weight excluding hydrogens is 243 g/mol. The van der Waals surface area contributed by atoms with Crippen LogP contribution in [-0.4, -0.2) is 29.5 Å². The third-order valence-electron chi connectivity index (χ3n) is 1.57. The maximum atomic E-state index is 5.77. The van der Waals surface area contributed by atoms with Gasteiger partial charge >= 0.3 is 0 Å². The highest BCUT2D eigenvalue weighted by Gasteiger charge is 2.26. The molecule has 96 valence electrons. The zero-order valence-electron chi connectivity index (χ0n) is 11.0. The molecule has 16 heavy (non-hydrogen) atoms. The van der Waals surface area contributed by atoms with Gasteiger partial charge in [0.15, 0.2) is 13.4 Å². The van der Waals surface area contributed by atoms with E-state index in [1.807, 2.05) is 41.5 Å². The molecular formula is C11H23O3PS. The second-order valence-electron chi connectivity index (χ2n) is 4.02. The Hall–Kier alpha value is 0.240. The average molecular weight is 266 g/mol. The van der Waals surface area contributed by atoms with Gasteiger partial charge in [0.2, 0.25) is 0 Å². The van der Waals surface area contributed by atoms with E-state index < -0.39 is 8.38 Å². The smallest absolute Gasteiger partial charge is 0.182 e. The maximum Gasteiger partial charge on any atom is 0.182 e. The second-order valence-corrected chi connectivity index (χ2v) is 6.19. The third kappa shape index (κ3) is 6.74. The van der Waals surface area contributed by atoms with E-state index in [-0.39, 0.29) is 17.9 Å². The molecule has 1 atom stereocenters. The molecule has 0 aromatic rings. The van der Waals surface area contributed by atoms with Crippen LogP contribution in [0.4, 0.5) is 0 Å². The molecule has 1 unspecified atom stereocenters. The lowest BCUT2D eigenvalue weighted by Crippen LogP contribution is -2.21. The lowest BCUT2D eigenvalue weighted by atomic mass is 10.5. The molecule has 0 rings (SSSR count). The molecule has 0 N–H and O–H groups in total. The molecule has 0 bridgehead atoms. The van der Waals surface area contributed by atoms with Crippen molar-refractivity contribution in [3.05, 3.63) is 0 Å². The van der Waals surface area contributed by atoms with E-state index in [1.54, 1.807) is 0 Å². The Morgan fingerprint density at radius 1 is 1.06 bits per heavy atom. The van der Waals surface area contributed by atoms with Gasteiger partial charge in [0.05, 0.1) is 24.5 Å². The zero-order chi connectivity index (χ0) is 12.7. The van der Waals surface area contributed by atoms with Gasteiger partial charge in [-0.3, -0.25) is 0 Å². The average Bonchev–Trinajstić information content (AvgIpc) is 2.14. The van der Waals surface area contributed by atoms with Gasteiger partial charge in [0.1, 0.15) is 0 Å². The van der Waals surface area contributed by atoms with Crippen LogP contribution in [0.2, 0.25) is 0 Å². The highest BCUT2D eigenvalue weighted by Crippen LogP contribution is 2.46. The Labute approximate surface area is 106 Å². The van der Waals surface area contributed by atoms with Gasteiger partial charge in [-0.15, -0.1) is 0 Å². The Morgan fingerprint density at radius 2 is 1.50 bits per heavy atom. The predicted octanol–water partition coefficient (Wildman–Crippen LogP) is 3.90. The number of ether oxygens (including phenoxy) is 1. The van der Waals surface area contributed by atoms with E-state index in [4.69, 9.17) is 26.0 Å². The topological polar surface area (TPSA) is 27.7 Å². The summed E-state index contributed by atoms with van der Waals surface area (Å²) in [6.07, 6.45) is 0.272. The van der Waals surface area contributed by atoms with Gasteiger partial charge in [0, 0.05) is 0 Å². The summed E-state index contributed by atoms with van der Waals surface area (Å²) in [6, 6.07) is 0. The Kier molecular flexibility index (Phi) is 8.47. The van der Waals surface area contributed by atoms with Gasteiger partial charge in [-0.1, -0.05) is 0 Å². The minimum atomic E-state index is -1.02. The molecule has 0 saturated heterocycles. The summed E-state index contributed by atoms with van der Waals surface area (Å²) in [5, 5.41) is 0.579. The van der Waals surface area contributed by atoms with Crippen LogP contribution in [0.25, 0.3) is 0 Å². The van der Waals surface area contributed by atoms with Crippen molar-refractivity contribution in [3.63, 3.8) is 0 Å². The van der Waals surface area contributed by atoms with E-state index >= 15 is 0 Å². The standard InChI is InChI=1S/C11H23O3PS/c1-7-12-11(16)10(6)15(13-8(2)3)14-9(4)5/h8-10H,7H2,1-6H3. The summed E-state index contributed by atoms with van der Waals surface area (Å²) in [5.74, 6) is 0. The quantitative estimate of drug-likeness (QED) is 0.516. The highest BCUT2D eigenvalue weighted by atomic mass is 32.1. The van der Waals surface area contributed by atoms with Crippen LogP contribution in [0, 0.1) is 0 Å². The Bertz CT molecular complexity index is 199. The van der Waals surface area contributed by atoms with Crippen LogP contribution in [0.15, 0.2) is 0 Å². The Morgan fingerprint density at radius 3 is 1.81 bits per heavy atom. The van der Waals surface area contributed by atoms with E-state index in [9.17, 15) is 0 Å². The lowest BCUT2D eigenvalue weighted by molar-refractivity contribution is 0.174. The first kappa shape index (κ1) is 16.2. The van der Waals surface area contributed by atoms with Crippen LogP contribution in [0.5, 0.6) is 0 Å². The fraction of sp³-hybridized carbons (Fsp3) is 0.909. The molecule has 3 nitrogen and oxygen atoms in total. The van der Waals surface area contributed by atoms with Crippen LogP contribution < -0.4 is 0 Å². The van der Waals surface area contributed by atoms with Crippen LogP contribution in [0.1, 0.15) is 41.5 Å². The van der Waals surface area contributed by atoms with Crippen LogP contribution >= 0.6 is 20.6 Å². The van der Waals surface area contributed by atoms with E-state index in [0.29, 0.717) is 11.7 Å². The summed E-state index contributed by atoms with van der Waals surface area (Å²) in [5.41, 5.74) is 0.0229. The highest BCUT2D eigenvalue weighted by molar-refractivity contribution is 7.81. The summed E-state index contributed by atoms with van der Waals surface area (Å²) < 4.78 is 16.9. The van der Waals surface area contributed by atoms with Gasteiger partial charge in [-0.25, -0.2) is 0 Å². The summed E-state index contributed by atoms with van der Waals surface area (Å²) in [7, 11) is -1.02. The van der Waals surface area contributed by atoms with Crippen molar-refractivity contribution >= 4 is 25.6 Å². The largest absolute Gasteiger partial charge is 0.486 e. The summed E-state index contributed by atoms with van der Waals surface area (Å²) >= 11 is 5.19. The molecule has 0 aliphatic carbocycles. The fourth-order valence-corrected chi connectivity index (χ4v) is 2.84. The lowest BCUT2D eigenvalue weighted by Gasteiger charge is -2.27. The first-order valence-electron chi connectivity index (χ1n) is 5.67. The monoisotopic (exact) mass is 266 g/mol. The van der Waals surface area contributed by atoms with Crippen molar-refractivity contribution in [2.45, 2.75) is 59.4 Å². The van der Waals surface area contributed by atoms with Crippen molar-refractivity contribution in [2.24, 2.45) is 0 Å². The van der Waals surface area contributed by atoms with Crippen LogP contribution in [0.3, 0.4) is 0 Å². The van der Waals surface area contributed by atoms with Gasteiger partial charge < -0.3 is 13.8 Å². The number of rotatable bonds is 7. The molecule has 0 amide bonds. The summed E-state index contributed by atoms with van der Waals surface area (Å²) in [4.78, 5) is 0. The molecule has 0 aliphatic heterocycles. The molecule has 0 fully saturated rings. The SMILES string of the molecule is CCOC(=S)C(C)P(OC(C)C)OC(C)C. The summed E-state index contributed by atoms with van der Waals surface area (Å²) in [6.45, 7) is 12.5. The normalized spacial score (nSPS) is 13.6. The number of thiocarbonyl (C=S) groups is 1. The molecule has 0 saturated carbocycles. The molecule has 0 aliphatic rings. The van der Waals surface area contributed by atoms with Crippen molar-refractivity contribution in [3.8, 4) is 0 Å². The molecule has 0 aromatic carbocycles. The second kappa shape index (κ2) is 8.35. The fourth-order valence-electron chi connectivity index (χ4n) is 0.972. The minimum absolute atomic E-state index is 0.0229. The first-order chi connectivity index (χ1) is 7.38. The van der Waals surface area contributed by atoms with Crippen molar-refractivity contribution in [1.82, 2.24) is 0 Å². The third-order valence-corrected chi connectivity index (χ3v) is 4.35. The predicted molar refractivity (Wildman–Crippen MR) is 73.0 cm³/mol. The molecule has 0 radical (unpaired) electrons. The number of hydrogen-bond donors (Lipinski definition) is 0.